The van der Waals surface area contributed by atoms with Crippen LogP contribution in [0.3, 0.4) is 0 Å². The second kappa shape index (κ2) is 9.86. The summed E-state index contributed by atoms with van der Waals surface area (Å²) in [6.45, 7) is -0.138. The first-order valence-electron chi connectivity index (χ1n) is 9.07. The normalized spacial score (nSPS) is 10.6. The second-order valence-electron chi connectivity index (χ2n) is 6.44. The lowest BCUT2D eigenvalue weighted by Gasteiger charge is -2.10. The van der Waals surface area contributed by atoms with E-state index in [2.05, 4.69) is 15.6 Å². The van der Waals surface area contributed by atoms with Crippen molar-refractivity contribution in [2.24, 2.45) is 0 Å². The van der Waals surface area contributed by atoms with E-state index in [1.165, 1.54) is 11.9 Å². The molecule has 6 nitrogen and oxygen atoms in total. The molecule has 0 spiro atoms. The van der Waals surface area contributed by atoms with Gasteiger partial charge in [-0.1, -0.05) is 42.5 Å². The molecule has 0 fully saturated rings. The van der Waals surface area contributed by atoms with E-state index < -0.39 is 0 Å². The van der Waals surface area contributed by atoms with Crippen molar-refractivity contribution in [2.75, 3.05) is 26.0 Å². The molecule has 1 aromatic heterocycles. The first-order valence-corrected chi connectivity index (χ1v) is 9.84. The van der Waals surface area contributed by atoms with Gasteiger partial charge in [-0.25, -0.2) is 4.98 Å². The van der Waals surface area contributed by atoms with E-state index in [1.807, 2.05) is 73.0 Å². The lowest BCUT2D eigenvalue weighted by Crippen LogP contribution is -2.33. The van der Waals surface area contributed by atoms with Gasteiger partial charge < -0.3 is 10.6 Å². The van der Waals surface area contributed by atoms with Gasteiger partial charge in [-0.05, 0) is 56.4 Å². The van der Waals surface area contributed by atoms with Crippen LogP contribution in [-0.4, -0.2) is 41.7 Å². The molecule has 7 heteroatoms. The number of amides is 2. The molecule has 2 amide bonds. The van der Waals surface area contributed by atoms with E-state index in [4.69, 9.17) is 0 Å². The van der Waals surface area contributed by atoms with Crippen LogP contribution in [0.2, 0.25) is 0 Å². The van der Waals surface area contributed by atoms with Gasteiger partial charge in [0, 0.05) is 16.0 Å². The zero-order chi connectivity index (χ0) is 20.6. The number of nitrogens with one attached hydrogen (secondary N) is 2. The highest BCUT2D eigenvalue weighted by Crippen LogP contribution is 2.20. The van der Waals surface area contributed by atoms with Crippen LogP contribution in [0.5, 0.6) is 0 Å². The fourth-order valence-electron chi connectivity index (χ4n) is 2.63. The maximum absolute atomic E-state index is 12.3. The molecule has 3 aromatic rings. The molecule has 0 atom stereocenters. The first kappa shape index (κ1) is 20.6. The Balaban J connectivity index is 1.57. The van der Waals surface area contributed by atoms with E-state index in [9.17, 15) is 9.59 Å². The molecular formula is C22H22N4O2S. The molecule has 29 heavy (non-hydrogen) atoms. The van der Waals surface area contributed by atoms with Crippen molar-refractivity contribution >= 4 is 29.6 Å². The second-order valence-corrected chi connectivity index (χ2v) is 7.82. The number of rotatable bonds is 7. The quantitative estimate of drug-likeness (QED) is 0.586. The average molecular weight is 407 g/mol. The van der Waals surface area contributed by atoms with Crippen LogP contribution >= 0.6 is 11.9 Å². The average Bonchev–Trinajstić information content (AvgIpc) is 2.72. The lowest BCUT2D eigenvalue weighted by atomic mass is 10.1. The molecule has 148 valence electrons. The lowest BCUT2D eigenvalue weighted by molar-refractivity contribution is -0.115. The van der Waals surface area contributed by atoms with Crippen LogP contribution in [0.1, 0.15) is 10.4 Å². The Hall–Kier alpha value is -3.16. The third kappa shape index (κ3) is 6.17. The summed E-state index contributed by atoms with van der Waals surface area (Å²) in [5.74, 6) is -0.197. The molecule has 2 N–H and O–H groups in total. The number of carbonyl (C=O) groups is 2. The van der Waals surface area contributed by atoms with Gasteiger partial charge in [0.1, 0.15) is 5.82 Å². The minimum atomic E-state index is -0.338. The summed E-state index contributed by atoms with van der Waals surface area (Å²) in [5.41, 5.74) is 2.24. The molecule has 0 aliphatic heterocycles. The van der Waals surface area contributed by atoms with E-state index in [-0.39, 0.29) is 18.4 Å². The molecule has 0 unspecified atom stereocenters. The van der Waals surface area contributed by atoms with E-state index in [0.29, 0.717) is 11.4 Å². The van der Waals surface area contributed by atoms with Crippen molar-refractivity contribution < 1.29 is 9.59 Å². The molecule has 0 saturated carbocycles. The van der Waals surface area contributed by atoms with Crippen LogP contribution in [0.25, 0.3) is 11.3 Å². The van der Waals surface area contributed by atoms with E-state index in [0.717, 1.165) is 16.2 Å². The molecule has 0 saturated heterocycles. The van der Waals surface area contributed by atoms with Gasteiger partial charge in [0.25, 0.3) is 5.91 Å². The fraction of sp³-hybridized carbons (Fsp3) is 0.136. The molecule has 1 heterocycles. The molecule has 0 aliphatic rings. The largest absolute Gasteiger partial charge is 0.343 e. The summed E-state index contributed by atoms with van der Waals surface area (Å²) in [7, 11) is 3.87. The summed E-state index contributed by atoms with van der Waals surface area (Å²) in [5, 5.41) is 5.37. The van der Waals surface area contributed by atoms with Crippen molar-refractivity contribution in [3.05, 3.63) is 78.4 Å². The van der Waals surface area contributed by atoms with Crippen LogP contribution in [0.4, 0.5) is 5.82 Å². The molecule has 0 bridgehead atoms. The molecule has 0 aliphatic carbocycles. The molecule has 2 aromatic carbocycles. The van der Waals surface area contributed by atoms with Crippen LogP contribution in [0, 0.1) is 0 Å². The highest BCUT2D eigenvalue weighted by Gasteiger charge is 2.10. The SMILES string of the molecule is CN(C)Sc1cccc(C(=O)NCC(=O)Nc2cccc(-c3ccccc3)n2)c1. The number of anilines is 1. The maximum Gasteiger partial charge on any atom is 0.251 e. The van der Waals surface area contributed by atoms with Gasteiger partial charge >= 0.3 is 0 Å². The van der Waals surface area contributed by atoms with Crippen LogP contribution in [-0.2, 0) is 4.79 Å². The highest BCUT2D eigenvalue weighted by molar-refractivity contribution is 7.97. The van der Waals surface area contributed by atoms with Crippen LogP contribution in [0.15, 0.2) is 77.7 Å². The Kier molecular flexibility index (Phi) is 6.99. The Morgan fingerprint density at radius 2 is 1.72 bits per heavy atom. The Labute approximate surface area is 174 Å². The van der Waals surface area contributed by atoms with E-state index in [1.54, 1.807) is 18.2 Å². The molecular weight excluding hydrogens is 384 g/mol. The third-order valence-electron chi connectivity index (χ3n) is 3.88. The van der Waals surface area contributed by atoms with Gasteiger partial charge in [0.05, 0.1) is 12.2 Å². The maximum atomic E-state index is 12.3. The minimum Gasteiger partial charge on any atom is -0.343 e. The van der Waals surface area contributed by atoms with Gasteiger partial charge in [0.15, 0.2) is 0 Å². The number of hydrogen-bond donors (Lipinski definition) is 2. The number of carbonyl (C=O) groups excluding carboxylic acids is 2. The van der Waals surface area contributed by atoms with Crippen molar-refractivity contribution in [2.45, 2.75) is 4.90 Å². The summed E-state index contributed by atoms with van der Waals surface area (Å²) >= 11 is 1.52. The van der Waals surface area contributed by atoms with Crippen molar-refractivity contribution in [3.63, 3.8) is 0 Å². The highest BCUT2D eigenvalue weighted by atomic mass is 32.2. The van der Waals surface area contributed by atoms with Crippen molar-refractivity contribution in [1.82, 2.24) is 14.6 Å². The number of benzene rings is 2. The zero-order valence-electron chi connectivity index (χ0n) is 16.3. The number of aromatic nitrogens is 1. The van der Waals surface area contributed by atoms with Gasteiger partial charge in [-0.2, -0.15) is 0 Å². The third-order valence-corrected chi connectivity index (χ3v) is 4.71. The topological polar surface area (TPSA) is 74.3 Å². The smallest absolute Gasteiger partial charge is 0.251 e. The zero-order valence-corrected chi connectivity index (χ0v) is 17.1. The van der Waals surface area contributed by atoms with E-state index >= 15 is 0 Å². The van der Waals surface area contributed by atoms with Crippen molar-refractivity contribution in [3.8, 4) is 11.3 Å². The monoisotopic (exact) mass is 406 g/mol. The number of nitrogens with zero attached hydrogens (tertiary/aromatic N) is 2. The first-order chi connectivity index (χ1) is 14.0. The summed E-state index contributed by atoms with van der Waals surface area (Å²) < 4.78 is 1.95. The predicted molar refractivity (Wildman–Crippen MR) is 117 cm³/mol. The van der Waals surface area contributed by atoms with Crippen LogP contribution < -0.4 is 10.6 Å². The molecule has 3 rings (SSSR count). The van der Waals surface area contributed by atoms with Gasteiger partial charge in [0.2, 0.25) is 5.91 Å². The standard InChI is InChI=1S/C22H22N4O2S/c1-26(2)29-18-11-6-10-17(14-18)22(28)23-15-21(27)25-20-13-7-12-19(24-20)16-8-4-3-5-9-16/h3-14H,15H2,1-2H3,(H,23,28)(H,24,25,27). The molecule has 0 radical (unpaired) electrons. The Bertz CT molecular complexity index is 993. The fourth-order valence-corrected chi connectivity index (χ4v) is 3.37. The Morgan fingerprint density at radius 1 is 0.966 bits per heavy atom. The number of pyridine rings is 1. The van der Waals surface area contributed by atoms with Crippen molar-refractivity contribution in [1.29, 1.82) is 0 Å². The summed E-state index contributed by atoms with van der Waals surface area (Å²) in [6, 6.07) is 22.4. The predicted octanol–water partition coefficient (Wildman–Crippen LogP) is 3.69. The van der Waals surface area contributed by atoms with Gasteiger partial charge in [-0.15, -0.1) is 0 Å². The van der Waals surface area contributed by atoms with Gasteiger partial charge in [-0.3, -0.25) is 13.9 Å². The Morgan fingerprint density at radius 3 is 2.48 bits per heavy atom. The summed E-state index contributed by atoms with van der Waals surface area (Å²) in [4.78, 5) is 30.0. The number of hydrogen-bond acceptors (Lipinski definition) is 5. The summed E-state index contributed by atoms with van der Waals surface area (Å²) in [6.07, 6.45) is 0. The minimum absolute atomic E-state index is 0.138.